The number of carbonyl (C=O) groups is 4. The molecule has 0 N–H and O–H groups in total. The highest BCUT2D eigenvalue weighted by atomic mass is 16.6. The Bertz CT molecular complexity index is 1350. The van der Waals surface area contributed by atoms with Crippen molar-refractivity contribution in [3.05, 3.63) is 48.0 Å². The lowest BCUT2D eigenvalue weighted by atomic mass is 9.66. The normalized spacial score (nSPS) is 49.5. The molecule has 10 rings (SSSR count). The molecule has 42 heavy (non-hydrogen) atoms. The zero-order valence-corrected chi connectivity index (χ0v) is 24.7. The summed E-state index contributed by atoms with van der Waals surface area (Å²) in [7, 11) is 0. The second-order valence-corrected chi connectivity index (χ2v) is 13.4. The van der Waals surface area contributed by atoms with Gasteiger partial charge in [-0.25, -0.2) is 0 Å². The van der Waals surface area contributed by atoms with Crippen molar-refractivity contribution in [2.45, 2.75) is 102 Å². The minimum atomic E-state index is -1.04. The predicted molar refractivity (Wildman–Crippen MR) is 144 cm³/mol. The first kappa shape index (κ1) is 27.6. The molecule has 224 valence electrons. The molecule has 8 bridgehead atoms. The SMILES string of the molecule is CC(=O)OC1=C[C@]2(C)OC(=O)[C@]13[C@@H](C)CC[C@]31C=C[C@H]2O1.CC(=O)OC1=C[C@]2(C)OC(=O)[C@]13[C@@H](C)CC[C@]31C=C[C@H]2O1. The molecule has 0 radical (unpaired) electrons. The van der Waals surface area contributed by atoms with Gasteiger partial charge < -0.3 is 28.4 Å². The van der Waals surface area contributed by atoms with Gasteiger partial charge in [0.15, 0.2) is 22.0 Å². The zero-order chi connectivity index (χ0) is 30.1. The fourth-order valence-corrected chi connectivity index (χ4v) is 9.00. The molecule has 2 saturated carbocycles. The molecule has 2 saturated heterocycles. The summed E-state index contributed by atoms with van der Waals surface area (Å²) < 4.78 is 34.9. The van der Waals surface area contributed by atoms with Gasteiger partial charge in [0.1, 0.15) is 34.9 Å². The van der Waals surface area contributed by atoms with Crippen LogP contribution >= 0.6 is 0 Å². The highest BCUT2D eigenvalue weighted by Gasteiger charge is 2.76. The van der Waals surface area contributed by atoms with Crippen molar-refractivity contribution in [3.63, 3.8) is 0 Å². The van der Waals surface area contributed by atoms with Gasteiger partial charge in [-0.3, -0.25) is 19.2 Å². The van der Waals surface area contributed by atoms with E-state index >= 15 is 0 Å². The van der Waals surface area contributed by atoms with Gasteiger partial charge in [0.05, 0.1) is 0 Å². The largest absolute Gasteiger partial charge is 0.451 e. The van der Waals surface area contributed by atoms with Gasteiger partial charge >= 0.3 is 23.9 Å². The van der Waals surface area contributed by atoms with E-state index in [0.29, 0.717) is 11.5 Å². The number of hydrogen-bond acceptors (Lipinski definition) is 10. The Hall–Kier alpha value is -3.24. The minimum Gasteiger partial charge on any atom is -0.451 e. The molecule has 4 spiro atoms. The van der Waals surface area contributed by atoms with E-state index in [4.69, 9.17) is 28.4 Å². The molecule has 0 aromatic carbocycles. The quantitative estimate of drug-likeness (QED) is 0.271. The average molecular weight is 581 g/mol. The van der Waals surface area contributed by atoms with E-state index in [1.807, 2.05) is 38.2 Å². The second kappa shape index (κ2) is 8.23. The molecule has 4 fully saturated rings. The molecule has 10 aliphatic rings. The van der Waals surface area contributed by atoms with Gasteiger partial charge in [-0.15, -0.1) is 0 Å². The van der Waals surface area contributed by atoms with Crippen molar-refractivity contribution in [2.75, 3.05) is 0 Å². The zero-order valence-electron chi connectivity index (χ0n) is 24.7. The Balaban J connectivity index is 0.000000137. The molecule has 8 aliphatic heterocycles. The van der Waals surface area contributed by atoms with Gasteiger partial charge in [-0.2, -0.15) is 0 Å². The van der Waals surface area contributed by atoms with Gasteiger partial charge in [-0.05, 0) is 51.4 Å². The summed E-state index contributed by atoms with van der Waals surface area (Å²) in [5.41, 5.74) is -5.42. The Morgan fingerprint density at radius 2 is 1.12 bits per heavy atom. The molecule has 10 atom stereocenters. The molecule has 0 aromatic heterocycles. The van der Waals surface area contributed by atoms with E-state index < -0.39 is 45.2 Å². The highest BCUT2D eigenvalue weighted by Crippen LogP contribution is 2.67. The second-order valence-electron chi connectivity index (χ2n) is 13.4. The summed E-state index contributed by atoms with van der Waals surface area (Å²) in [6, 6.07) is 0. The van der Waals surface area contributed by atoms with E-state index in [9.17, 15) is 19.2 Å². The van der Waals surface area contributed by atoms with Crippen LogP contribution in [0.3, 0.4) is 0 Å². The molecule has 0 amide bonds. The summed E-state index contributed by atoms with van der Waals surface area (Å²) in [6.45, 7) is 10.3. The van der Waals surface area contributed by atoms with E-state index in [-0.39, 0.29) is 36.0 Å². The number of rotatable bonds is 2. The standard InChI is InChI=1S/2C16H18O5/c2*1-9-4-6-15-7-5-11(20-15)14(3)8-12(19-10(2)17)16(9,15)13(18)21-14/h2*5,7-9,11H,4,6H2,1-3H3/t2*9-,11+,14-,15-,16-/m00/s1. The van der Waals surface area contributed by atoms with Gasteiger partial charge in [0.25, 0.3) is 0 Å². The first-order valence-electron chi connectivity index (χ1n) is 14.7. The van der Waals surface area contributed by atoms with Crippen LogP contribution in [0.1, 0.15) is 67.2 Å². The van der Waals surface area contributed by atoms with Crippen LogP contribution in [0.2, 0.25) is 0 Å². The lowest BCUT2D eigenvalue weighted by Gasteiger charge is -2.44. The smallest absolute Gasteiger partial charge is 0.324 e. The van der Waals surface area contributed by atoms with Crippen molar-refractivity contribution < 1.29 is 47.6 Å². The van der Waals surface area contributed by atoms with Gasteiger partial charge in [0.2, 0.25) is 0 Å². The number of ether oxygens (including phenoxy) is 6. The highest BCUT2D eigenvalue weighted by molar-refractivity contribution is 5.88. The van der Waals surface area contributed by atoms with E-state index in [1.54, 1.807) is 26.0 Å². The maximum absolute atomic E-state index is 12.9. The third-order valence-corrected chi connectivity index (χ3v) is 11.0. The van der Waals surface area contributed by atoms with Crippen molar-refractivity contribution in [2.24, 2.45) is 22.7 Å². The molecular formula is C32H36O10. The Labute approximate surface area is 244 Å². The van der Waals surface area contributed by atoms with Crippen LogP contribution in [0, 0.1) is 22.7 Å². The molecule has 0 unspecified atom stereocenters. The molecule has 0 aromatic rings. The van der Waals surface area contributed by atoms with Crippen molar-refractivity contribution >= 4 is 23.9 Å². The van der Waals surface area contributed by atoms with Crippen LogP contribution in [-0.4, -0.2) is 58.5 Å². The van der Waals surface area contributed by atoms with Crippen molar-refractivity contribution in [1.82, 2.24) is 0 Å². The lowest BCUT2D eigenvalue weighted by Crippen LogP contribution is -2.56. The molecule has 10 heteroatoms. The number of carbonyl (C=O) groups excluding carboxylic acids is 4. The summed E-state index contributed by atoms with van der Waals surface area (Å²) in [5.74, 6) is -0.719. The third kappa shape index (κ3) is 3.02. The van der Waals surface area contributed by atoms with Crippen LogP contribution in [0.25, 0.3) is 0 Å². The summed E-state index contributed by atoms with van der Waals surface area (Å²) in [5, 5.41) is 0. The molecule has 8 heterocycles. The topological polar surface area (TPSA) is 124 Å². The Morgan fingerprint density at radius 3 is 1.48 bits per heavy atom. The minimum absolute atomic E-state index is 0.0124. The van der Waals surface area contributed by atoms with Gasteiger partial charge in [0, 0.05) is 26.0 Å². The van der Waals surface area contributed by atoms with Crippen LogP contribution in [0.5, 0.6) is 0 Å². The van der Waals surface area contributed by atoms with Crippen LogP contribution < -0.4 is 0 Å². The van der Waals surface area contributed by atoms with E-state index in [1.165, 1.54) is 13.8 Å². The maximum atomic E-state index is 12.9. The van der Waals surface area contributed by atoms with Crippen molar-refractivity contribution in [3.8, 4) is 0 Å². The van der Waals surface area contributed by atoms with Crippen LogP contribution in [-0.2, 0) is 47.6 Å². The maximum Gasteiger partial charge on any atom is 0.324 e. The van der Waals surface area contributed by atoms with E-state index in [0.717, 1.165) is 25.7 Å². The first-order chi connectivity index (χ1) is 19.7. The molecule has 2 aliphatic carbocycles. The monoisotopic (exact) mass is 580 g/mol. The fourth-order valence-electron chi connectivity index (χ4n) is 9.00. The summed E-state index contributed by atoms with van der Waals surface area (Å²) >= 11 is 0. The van der Waals surface area contributed by atoms with Crippen LogP contribution in [0.4, 0.5) is 0 Å². The molecule has 10 nitrogen and oxygen atoms in total. The Morgan fingerprint density at radius 1 is 0.738 bits per heavy atom. The van der Waals surface area contributed by atoms with Crippen molar-refractivity contribution in [1.29, 1.82) is 0 Å². The lowest BCUT2D eigenvalue weighted by molar-refractivity contribution is -0.176. The number of esters is 4. The fraction of sp³-hybridized carbons (Fsp3) is 0.625. The van der Waals surface area contributed by atoms with Crippen LogP contribution in [0.15, 0.2) is 48.0 Å². The number of hydrogen-bond donors (Lipinski definition) is 0. The first-order valence-corrected chi connectivity index (χ1v) is 14.7. The Kier molecular flexibility index (Phi) is 5.40. The van der Waals surface area contributed by atoms with Gasteiger partial charge in [-0.1, -0.05) is 38.2 Å². The molecular weight excluding hydrogens is 544 g/mol. The summed E-state index contributed by atoms with van der Waals surface area (Å²) in [4.78, 5) is 48.9. The average Bonchev–Trinajstić information content (AvgIpc) is 3.60. The number of fused-ring (bicyclic) bond motifs is 2. The third-order valence-electron chi connectivity index (χ3n) is 11.0. The predicted octanol–water partition coefficient (Wildman–Crippen LogP) is 3.75. The summed E-state index contributed by atoms with van der Waals surface area (Å²) in [6.07, 6.45) is 13.9. The van der Waals surface area contributed by atoms with E-state index in [2.05, 4.69) is 0 Å².